The maximum Gasteiger partial charge on any atom is 0.416 e. The number of benzene rings is 1. The number of carbonyl (C=O) groups excluding carboxylic acids is 1. The second kappa shape index (κ2) is 10.9. The van der Waals surface area contributed by atoms with Crippen molar-refractivity contribution >= 4 is 61.2 Å². The zero-order valence-electron chi connectivity index (χ0n) is 21.4. The average molecular weight is 635 g/mol. The number of fused-ring (bicyclic) bond motifs is 1. The normalized spacial score (nSPS) is 20.3. The standard InChI is InChI=1S/C24H23F5N6O5S2/c25-23(26)3-6-33(11-23)22-32-10-18(41-22)35(42(39)40)16-2-5-34(20(16)36)17(21(37)38)8-13-7-12-1-4-31-19(30)14(12)9-15(13)24(27,28)29/h1,4,7,9-10,16-17H,2-3,5-6,8,11H2,(H2,30,31)(H,37,38)(H,39,40)/t16-,17+/m0/s1. The van der Waals surface area contributed by atoms with E-state index in [1.165, 1.54) is 17.2 Å². The van der Waals surface area contributed by atoms with Gasteiger partial charge in [-0.3, -0.25) is 9.35 Å². The molecule has 0 radical (unpaired) electrons. The maximum atomic E-state index is 14.0. The van der Waals surface area contributed by atoms with Gasteiger partial charge in [-0.15, -0.1) is 0 Å². The van der Waals surface area contributed by atoms with Gasteiger partial charge >= 0.3 is 12.1 Å². The smallest absolute Gasteiger partial charge is 0.416 e. The molecule has 0 saturated carbocycles. The first-order valence-electron chi connectivity index (χ1n) is 12.4. The van der Waals surface area contributed by atoms with Crippen LogP contribution in [-0.4, -0.2) is 78.3 Å². The number of rotatable bonds is 8. The van der Waals surface area contributed by atoms with Crippen molar-refractivity contribution in [2.24, 2.45) is 0 Å². The van der Waals surface area contributed by atoms with Crippen LogP contribution in [0.2, 0.25) is 0 Å². The largest absolute Gasteiger partial charge is 0.480 e. The molecule has 2 aliphatic rings. The predicted molar refractivity (Wildman–Crippen MR) is 144 cm³/mol. The van der Waals surface area contributed by atoms with E-state index < -0.39 is 65.9 Å². The van der Waals surface area contributed by atoms with Gasteiger partial charge in [0.25, 0.3) is 17.2 Å². The van der Waals surface area contributed by atoms with E-state index in [2.05, 4.69) is 9.97 Å². The molecule has 2 aliphatic heterocycles. The Morgan fingerprint density at radius 3 is 2.64 bits per heavy atom. The molecule has 0 bridgehead atoms. The van der Waals surface area contributed by atoms with E-state index in [1.807, 2.05) is 0 Å². The number of nitrogens with two attached hydrogens (primary N) is 1. The molecule has 0 aliphatic carbocycles. The number of anilines is 3. The number of nitrogens with zero attached hydrogens (tertiary/aromatic N) is 5. The number of halogens is 5. The lowest BCUT2D eigenvalue weighted by molar-refractivity contribution is -0.149. The van der Waals surface area contributed by atoms with E-state index in [0.717, 1.165) is 38.9 Å². The maximum absolute atomic E-state index is 14.0. The van der Waals surface area contributed by atoms with E-state index in [9.17, 15) is 45.4 Å². The number of carboxylic acids is 1. The van der Waals surface area contributed by atoms with Crippen molar-refractivity contribution in [3.63, 3.8) is 0 Å². The molecule has 2 saturated heterocycles. The molecule has 0 spiro atoms. The van der Waals surface area contributed by atoms with Gasteiger partial charge in [0.05, 0.1) is 18.3 Å². The van der Waals surface area contributed by atoms with Crippen LogP contribution in [0.4, 0.5) is 37.9 Å². The van der Waals surface area contributed by atoms with Crippen LogP contribution in [0.3, 0.4) is 0 Å². The number of carboxylic acid groups (broad SMARTS) is 1. The molecule has 2 aromatic heterocycles. The lowest BCUT2D eigenvalue weighted by atomic mass is 9.95. The SMILES string of the molecule is Nc1nccc2cc(C[C@H](C(=O)O)N3CC[C@H](N(c4cnc(N5CCC(F)(F)C5)s4)S(=O)O)C3=O)c(C(F)(F)F)cc12. The van der Waals surface area contributed by atoms with Crippen LogP contribution in [0.5, 0.6) is 0 Å². The van der Waals surface area contributed by atoms with Crippen LogP contribution in [0.15, 0.2) is 30.6 Å². The second-order valence-corrected chi connectivity index (χ2v) is 11.7. The monoisotopic (exact) mass is 634 g/mol. The summed E-state index contributed by atoms with van der Waals surface area (Å²) in [7, 11) is 0. The molecular formula is C24H23F5N6O5S2. The van der Waals surface area contributed by atoms with Gasteiger partial charge in [0.1, 0.15) is 22.9 Å². The number of thiazole rings is 1. The third-order valence-corrected chi connectivity index (χ3v) is 9.16. The third kappa shape index (κ3) is 5.69. The summed E-state index contributed by atoms with van der Waals surface area (Å²) < 4.78 is 92.5. The second-order valence-electron chi connectivity index (χ2n) is 9.88. The number of aromatic nitrogens is 2. The van der Waals surface area contributed by atoms with E-state index in [-0.39, 0.29) is 52.8 Å². The van der Waals surface area contributed by atoms with Gasteiger partial charge in [-0.05, 0) is 29.5 Å². The van der Waals surface area contributed by atoms with Crippen molar-refractivity contribution in [1.29, 1.82) is 0 Å². The Bertz CT molecular complexity index is 1570. The van der Waals surface area contributed by atoms with Crippen molar-refractivity contribution in [3.05, 3.63) is 41.7 Å². The molecule has 18 heteroatoms. The Morgan fingerprint density at radius 2 is 2.02 bits per heavy atom. The number of pyridine rings is 1. The third-order valence-electron chi connectivity index (χ3n) is 7.20. The first-order chi connectivity index (χ1) is 19.7. The van der Waals surface area contributed by atoms with Crippen LogP contribution in [0, 0.1) is 0 Å². The minimum absolute atomic E-state index is 0.00760. The molecule has 2 fully saturated rings. The van der Waals surface area contributed by atoms with E-state index in [4.69, 9.17) is 5.73 Å². The van der Waals surface area contributed by atoms with Crippen molar-refractivity contribution < 1.29 is 45.4 Å². The molecule has 11 nitrogen and oxygen atoms in total. The summed E-state index contributed by atoms with van der Waals surface area (Å²) in [5.41, 5.74) is 4.22. The van der Waals surface area contributed by atoms with Crippen molar-refractivity contribution in [3.8, 4) is 0 Å². The Labute approximate surface area is 241 Å². The van der Waals surface area contributed by atoms with Gasteiger partial charge in [0.2, 0.25) is 5.91 Å². The van der Waals surface area contributed by atoms with Gasteiger partial charge in [-0.2, -0.15) is 13.2 Å². The number of carbonyl (C=O) groups is 2. The Hall–Kier alpha value is -3.64. The molecule has 1 aromatic carbocycles. The van der Waals surface area contributed by atoms with Crippen LogP contribution in [0.1, 0.15) is 24.0 Å². The highest BCUT2D eigenvalue weighted by Crippen LogP contribution is 2.39. The van der Waals surface area contributed by atoms with Crippen LogP contribution >= 0.6 is 11.3 Å². The van der Waals surface area contributed by atoms with Gasteiger partial charge < -0.3 is 20.6 Å². The van der Waals surface area contributed by atoms with Gasteiger partial charge in [0.15, 0.2) is 5.13 Å². The minimum atomic E-state index is -4.87. The highest BCUT2D eigenvalue weighted by molar-refractivity contribution is 7.81. The highest BCUT2D eigenvalue weighted by atomic mass is 32.2. The first kappa shape index (κ1) is 29.8. The van der Waals surface area contributed by atoms with Crippen LogP contribution in [0.25, 0.3) is 10.8 Å². The fourth-order valence-corrected chi connectivity index (χ4v) is 7.04. The molecule has 42 heavy (non-hydrogen) atoms. The lowest BCUT2D eigenvalue weighted by Gasteiger charge is -2.28. The Balaban J connectivity index is 1.42. The molecule has 226 valence electrons. The van der Waals surface area contributed by atoms with Crippen molar-refractivity contribution in [2.75, 3.05) is 34.6 Å². The average Bonchev–Trinajstić information content (AvgIpc) is 3.61. The van der Waals surface area contributed by atoms with E-state index in [1.54, 1.807) is 0 Å². The summed E-state index contributed by atoms with van der Waals surface area (Å²) in [4.78, 5) is 35.8. The molecule has 4 N–H and O–H groups in total. The van der Waals surface area contributed by atoms with Crippen LogP contribution in [-0.2, 0) is 33.5 Å². The summed E-state index contributed by atoms with van der Waals surface area (Å²) in [6.07, 6.45) is -3.66. The Morgan fingerprint density at radius 1 is 1.29 bits per heavy atom. The number of aliphatic carboxylic acids is 1. The van der Waals surface area contributed by atoms with Crippen molar-refractivity contribution in [2.45, 2.75) is 43.4 Å². The molecule has 1 unspecified atom stereocenters. The fraction of sp³-hybridized carbons (Fsp3) is 0.417. The summed E-state index contributed by atoms with van der Waals surface area (Å²) in [6, 6.07) is 0.270. The zero-order chi connectivity index (χ0) is 30.6. The number of hydrogen-bond donors (Lipinski definition) is 3. The number of alkyl halides is 5. The molecule has 3 aromatic rings. The van der Waals surface area contributed by atoms with Crippen molar-refractivity contribution in [1.82, 2.24) is 14.9 Å². The molecular weight excluding hydrogens is 611 g/mol. The number of amides is 1. The quantitative estimate of drug-likeness (QED) is 0.250. The summed E-state index contributed by atoms with van der Waals surface area (Å²) in [6.45, 7) is -0.809. The molecule has 1 amide bonds. The molecule has 5 rings (SSSR count). The fourth-order valence-electron chi connectivity index (χ4n) is 5.22. The van der Waals surface area contributed by atoms with E-state index in [0.29, 0.717) is 5.39 Å². The first-order valence-corrected chi connectivity index (χ1v) is 14.3. The summed E-state index contributed by atoms with van der Waals surface area (Å²) in [5.74, 6) is -5.52. The topological polar surface area (TPSA) is 153 Å². The summed E-state index contributed by atoms with van der Waals surface area (Å²) in [5, 5.41) is 10.5. The number of likely N-dealkylation sites (tertiary alicyclic amines) is 1. The predicted octanol–water partition coefficient (Wildman–Crippen LogP) is 3.38. The van der Waals surface area contributed by atoms with Gasteiger partial charge in [-0.1, -0.05) is 17.4 Å². The summed E-state index contributed by atoms with van der Waals surface area (Å²) >= 11 is -1.99. The van der Waals surface area contributed by atoms with Gasteiger partial charge in [-0.25, -0.2) is 32.1 Å². The molecule has 4 heterocycles. The zero-order valence-corrected chi connectivity index (χ0v) is 23.1. The highest BCUT2D eigenvalue weighted by Gasteiger charge is 2.46. The number of hydrogen-bond acceptors (Lipinski definition) is 8. The number of nitrogen functional groups attached to an aromatic ring is 1. The minimum Gasteiger partial charge on any atom is -0.480 e. The molecule has 3 atom stereocenters. The lowest BCUT2D eigenvalue weighted by Crippen LogP contribution is -2.48. The van der Waals surface area contributed by atoms with E-state index >= 15 is 0 Å². The Kier molecular flexibility index (Phi) is 7.73. The van der Waals surface area contributed by atoms with Gasteiger partial charge in [0, 0.05) is 37.5 Å². The van der Waals surface area contributed by atoms with Crippen LogP contribution < -0.4 is 14.9 Å².